The van der Waals surface area contributed by atoms with Crippen LogP contribution in [0.3, 0.4) is 0 Å². The smallest absolute Gasteiger partial charge is 0.318 e. The molecule has 0 aliphatic carbocycles. The van der Waals surface area contributed by atoms with Gasteiger partial charge in [-0.05, 0) is 68.7 Å². The second kappa shape index (κ2) is 11.7. The number of fused-ring (bicyclic) bond motifs is 1. The summed E-state index contributed by atoms with van der Waals surface area (Å²) < 4.78 is 6.24. The van der Waals surface area contributed by atoms with Gasteiger partial charge in [-0.3, -0.25) is 4.79 Å². The summed E-state index contributed by atoms with van der Waals surface area (Å²) in [6.45, 7) is 13.9. The van der Waals surface area contributed by atoms with Crippen LogP contribution in [0.15, 0.2) is 29.6 Å². The van der Waals surface area contributed by atoms with E-state index >= 15 is 0 Å². The number of amides is 3. The van der Waals surface area contributed by atoms with Crippen molar-refractivity contribution in [1.29, 1.82) is 0 Å². The van der Waals surface area contributed by atoms with Crippen LogP contribution in [0, 0.1) is 19.8 Å². The summed E-state index contributed by atoms with van der Waals surface area (Å²) in [6, 6.07) is 7.93. The average Bonchev–Trinajstić information content (AvgIpc) is 3.26. The second-order valence-electron chi connectivity index (χ2n) is 9.73. The standard InChI is InChI=1S/C27H39N3O3S/c1-7-19(4)15-29(27(32)28-18(2)3)16-26(31)30-12-10-25-22(11-13-34-25)23(30)17-33-24-9-8-20(5)14-21(24)6/h8-9,11,13-14,18-19,23H,7,10,12,15-17H2,1-6H3,(H,28,32)/t19-,23-/m1/s1. The van der Waals surface area contributed by atoms with E-state index < -0.39 is 0 Å². The molecule has 0 bridgehead atoms. The third kappa shape index (κ3) is 6.53. The van der Waals surface area contributed by atoms with Gasteiger partial charge < -0.3 is 19.9 Å². The molecule has 6 nitrogen and oxygen atoms in total. The van der Waals surface area contributed by atoms with Crippen LogP contribution in [0.2, 0.25) is 0 Å². The summed E-state index contributed by atoms with van der Waals surface area (Å²) in [4.78, 5) is 31.3. The zero-order valence-corrected chi connectivity index (χ0v) is 22.2. The summed E-state index contributed by atoms with van der Waals surface area (Å²) in [5.74, 6) is 1.13. The van der Waals surface area contributed by atoms with Gasteiger partial charge in [-0.2, -0.15) is 0 Å². The van der Waals surface area contributed by atoms with E-state index in [1.807, 2.05) is 37.8 Å². The first-order chi connectivity index (χ1) is 16.2. The Morgan fingerprint density at radius 2 is 2.00 bits per heavy atom. The number of hydrogen-bond donors (Lipinski definition) is 1. The zero-order valence-electron chi connectivity index (χ0n) is 21.4. The molecule has 2 aromatic rings. The number of aryl methyl sites for hydroxylation is 2. The third-order valence-electron chi connectivity index (χ3n) is 6.40. The van der Waals surface area contributed by atoms with Gasteiger partial charge in [-0.1, -0.05) is 38.0 Å². The highest BCUT2D eigenvalue weighted by Crippen LogP contribution is 2.34. The summed E-state index contributed by atoms with van der Waals surface area (Å²) in [7, 11) is 0. The highest BCUT2D eigenvalue weighted by Gasteiger charge is 2.34. The van der Waals surface area contributed by atoms with Crippen LogP contribution in [-0.2, 0) is 11.2 Å². The van der Waals surface area contributed by atoms with Gasteiger partial charge in [-0.15, -0.1) is 11.3 Å². The maximum Gasteiger partial charge on any atom is 0.318 e. The highest BCUT2D eigenvalue weighted by molar-refractivity contribution is 7.10. The number of nitrogens with zero attached hydrogens (tertiary/aromatic N) is 2. The number of ether oxygens (including phenoxy) is 1. The largest absolute Gasteiger partial charge is 0.491 e. The first-order valence-electron chi connectivity index (χ1n) is 12.3. The Balaban J connectivity index is 1.78. The fourth-order valence-electron chi connectivity index (χ4n) is 4.32. The van der Waals surface area contributed by atoms with Crippen molar-refractivity contribution in [3.05, 3.63) is 51.2 Å². The van der Waals surface area contributed by atoms with E-state index in [0.29, 0.717) is 25.6 Å². The molecule has 0 saturated carbocycles. The molecule has 1 aromatic heterocycles. The van der Waals surface area contributed by atoms with Gasteiger partial charge in [0.1, 0.15) is 18.9 Å². The molecule has 1 N–H and O–H groups in total. The quantitative estimate of drug-likeness (QED) is 0.522. The minimum atomic E-state index is -0.181. The Hall–Kier alpha value is -2.54. The molecule has 0 saturated heterocycles. The van der Waals surface area contributed by atoms with Crippen molar-refractivity contribution in [3.8, 4) is 5.75 Å². The summed E-state index contributed by atoms with van der Waals surface area (Å²) >= 11 is 1.74. The number of carbonyl (C=O) groups excluding carboxylic acids is 2. The molecular weight excluding hydrogens is 446 g/mol. The Labute approximate surface area is 208 Å². The number of thiophene rings is 1. The molecule has 3 amide bonds. The van der Waals surface area contributed by atoms with E-state index in [2.05, 4.69) is 43.6 Å². The highest BCUT2D eigenvalue weighted by atomic mass is 32.1. The molecule has 3 rings (SSSR count). The van der Waals surface area contributed by atoms with Crippen LogP contribution in [0.25, 0.3) is 0 Å². The van der Waals surface area contributed by atoms with Gasteiger partial charge in [0.25, 0.3) is 0 Å². The topological polar surface area (TPSA) is 61.9 Å². The monoisotopic (exact) mass is 485 g/mol. The predicted molar refractivity (Wildman–Crippen MR) is 139 cm³/mol. The van der Waals surface area contributed by atoms with Crippen molar-refractivity contribution in [2.45, 2.75) is 66.5 Å². The van der Waals surface area contributed by atoms with Crippen molar-refractivity contribution in [2.75, 3.05) is 26.2 Å². The van der Waals surface area contributed by atoms with Gasteiger partial charge in [0.05, 0.1) is 6.04 Å². The minimum Gasteiger partial charge on any atom is -0.491 e. The number of carbonyl (C=O) groups is 2. The molecule has 0 fully saturated rings. The first kappa shape index (κ1) is 26.1. The van der Waals surface area contributed by atoms with Crippen molar-refractivity contribution < 1.29 is 14.3 Å². The lowest BCUT2D eigenvalue weighted by atomic mass is 10.00. The molecule has 2 heterocycles. The van der Waals surface area contributed by atoms with Crippen molar-refractivity contribution in [1.82, 2.24) is 15.1 Å². The maximum atomic E-state index is 13.6. The lowest BCUT2D eigenvalue weighted by molar-refractivity contribution is -0.135. The third-order valence-corrected chi connectivity index (χ3v) is 7.39. The normalized spacial score (nSPS) is 16.2. The summed E-state index contributed by atoms with van der Waals surface area (Å²) in [5.41, 5.74) is 3.44. The van der Waals surface area contributed by atoms with Gasteiger partial charge in [0.2, 0.25) is 5.91 Å². The molecule has 34 heavy (non-hydrogen) atoms. The van der Waals surface area contributed by atoms with Crippen LogP contribution in [0.4, 0.5) is 4.79 Å². The maximum absolute atomic E-state index is 13.6. The molecule has 186 valence electrons. The molecule has 0 radical (unpaired) electrons. The Bertz CT molecular complexity index is 987. The number of benzene rings is 1. The predicted octanol–water partition coefficient (Wildman–Crippen LogP) is 5.34. The van der Waals surface area contributed by atoms with Crippen LogP contribution in [0.5, 0.6) is 5.75 Å². The van der Waals surface area contributed by atoms with Crippen molar-refractivity contribution >= 4 is 23.3 Å². The average molecular weight is 486 g/mol. The van der Waals surface area contributed by atoms with E-state index in [-0.39, 0.29) is 30.6 Å². The summed E-state index contributed by atoms with van der Waals surface area (Å²) in [5, 5.41) is 5.05. The van der Waals surface area contributed by atoms with Gasteiger partial charge >= 0.3 is 6.03 Å². The molecule has 1 aliphatic rings. The molecule has 2 atom stereocenters. The molecule has 0 spiro atoms. The van der Waals surface area contributed by atoms with Crippen LogP contribution in [-0.4, -0.2) is 54.0 Å². The molecular formula is C27H39N3O3S. The van der Waals surface area contributed by atoms with Gasteiger partial charge in [-0.25, -0.2) is 4.79 Å². The van der Waals surface area contributed by atoms with Crippen LogP contribution >= 0.6 is 11.3 Å². The number of urea groups is 1. The van der Waals surface area contributed by atoms with E-state index in [4.69, 9.17) is 4.74 Å². The van der Waals surface area contributed by atoms with E-state index in [1.165, 1.54) is 10.4 Å². The fraction of sp³-hybridized carbons (Fsp3) is 0.556. The van der Waals surface area contributed by atoms with Gasteiger partial charge in [0.15, 0.2) is 0 Å². The van der Waals surface area contributed by atoms with Crippen LogP contribution < -0.4 is 10.1 Å². The zero-order chi connectivity index (χ0) is 24.8. The Kier molecular flexibility index (Phi) is 9.00. The van der Waals surface area contributed by atoms with E-state index in [9.17, 15) is 9.59 Å². The Morgan fingerprint density at radius 1 is 1.24 bits per heavy atom. The molecule has 1 aliphatic heterocycles. The summed E-state index contributed by atoms with van der Waals surface area (Å²) in [6.07, 6.45) is 1.79. The molecule has 7 heteroatoms. The van der Waals surface area contributed by atoms with E-state index in [1.54, 1.807) is 16.2 Å². The lowest BCUT2D eigenvalue weighted by Gasteiger charge is -2.37. The van der Waals surface area contributed by atoms with Crippen LogP contribution in [0.1, 0.15) is 61.7 Å². The Morgan fingerprint density at radius 3 is 2.68 bits per heavy atom. The number of nitrogens with one attached hydrogen (secondary N) is 1. The lowest BCUT2D eigenvalue weighted by Crippen LogP contribution is -2.51. The van der Waals surface area contributed by atoms with E-state index in [0.717, 1.165) is 29.7 Å². The first-order valence-corrected chi connectivity index (χ1v) is 13.2. The minimum absolute atomic E-state index is 0.0179. The van der Waals surface area contributed by atoms with Crippen molar-refractivity contribution in [3.63, 3.8) is 0 Å². The molecule has 0 unspecified atom stereocenters. The van der Waals surface area contributed by atoms with Gasteiger partial charge in [0, 0.05) is 24.0 Å². The second-order valence-corrected chi connectivity index (χ2v) is 10.7. The SMILES string of the molecule is CC[C@@H](C)CN(CC(=O)N1CCc2sccc2[C@H]1COc1ccc(C)cc1C)C(=O)NC(C)C. The fourth-order valence-corrected chi connectivity index (χ4v) is 5.25. The van der Waals surface area contributed by atoms with Crippen molar-refractivity contribution in [2.24, 2.45) is 5.92 Å². The number of hydrogen-bond acceptors (Lipinski definition) is 4. The molecule has 1 aromatic carbocycles. The number of rotatable bonds is 9.